The largest absolute Gasteiger partial charge is 0.497 e. The highest BCUT2D eigenvalue weighted by molar-refractivity contribution is 7.08. The van der Waals surface area contributed by atoms with E-state index in [2.05, 4.69) is 5.32 Å². The highest BCUT2D eigenvalue weighted by Crippen LogP contribution is 2.28. The fraction of sp³-hybridized carbons (Fsp3) is 0.167. The van der Waals surface area contributed by atoms with Crippen LogP contribution in [-0.2, 0) is 0 Å². The van der Waals surface area contributed by atoms with Crippen LogP contribution in [0.1, 0.15) is 0 Å². The molecule has 0 spiro atoms. The van der Waals surface area contributed by atoms with Gasteiger partial charge in [0.15, 0.2) is 0 Å². The molecule has 2 rings (SSSR count). The molecule has 0 radical (unpaired) electrons. The number of thiophene rings is 1. The third-order valence-electron chi connectivity index (χ3n) is 2.16. The zero-order chi connectivity index (χ0) is 11.4. The van der Waals surface area contributed by atoms with E-state index in [-0.39, 0.29) is 0 Å². The normalized spacial score (nSPS) is 9.88. The molecule has 1 aromatic heterocycles. The first kappa shape index (κ1) is 10.8. The summed E-state index contributed by atoms with van der Waals surface area (Å²) in [5.74, 6) is 1.55. The van der Waals surface area contributed by atoms with Gasteiger partial charge in [-0.15, -0.1) is 0 Å². The quantitative estimate of drug-likeness (QED) is 0.879. The molecule has 0 aliphatic rings. The fourth-order valence-electron chi connectivity index (χ4n) is 1.38. The van der Waals surface area contributed by atoms with E-state index >= 15 is 0 Å². The lowest BCUT2D eigenvalue weighted by atomic mass is 10.2. The van der Waals surface area contributed by atoms with Crippen LogP contribution >= 0.6 is 11.3 Å². The minimum atomic E-state index is 0.775. The topological polar surface area (TPSA) is 30.5 Å². The van der Waals surface area contributed by atoms with Gasteiger partial charge in [-0.25, -0.2) is 0 Å². The van der Waals surface area contributed by atoms with Crippen LogP contribution in [0.2, 0.25) is 0 Å². The number of ether oxygens (including phenoxy) is 2. The fourth-order valence-corrected chi connectivity index (χ4v) is 1.97. The first-order chi connectivity index (χ1) is 7.81. The van der Waals surface area contributed by atoms with Crippen LogP contribution in [-0.4, -0.2) is 14.2 Å². The SMILES string of the molecule is COc1cc(Nc2ccsc2)cc(OC)c1. The second kappa shape index (κ2) is 4.90. The summed E-state index contributed by atoms with van der Waals surface area (Å²) in [5.41, 5.74) is 2.02. The van der Waals surface area contributed by atoms with E-state index in [0.29, 0.717) is 0 Å². The predicted octanol–water partition coefficient (Wildman–Crippen LogP) is 3.51. The lowest BCUT2D eigenvalue weighted by Crippen LogP contribution is -1.92. The molecule has 2 aromatic rings. The molecule has 4 heteroatoms. The van der Waals surface area contributed by atoms with E-state index in [9.17, 15) is 0 Å². The summed E-state index contributed by atoms with van der Waals surface area (Å²) in [7, 11) is 3.28. The van der Waals surface area contributed by atoms with Gasteiger partial charge in [-0.05, 0) is 11.4 Å². The van der Waals surface area contributed by atoms with E-state index < -0.39 is 0 Å². The molecule has 16 heavy (non-hydrogen) atoms. The highest BCUT2D eigenvalue weighted by Gasteiger charge is 2.02. The zero-order valence-electron chi connectivity index (χ0n) is 9.19. The molecule has 1 aromatic carbocycles. The van der Waals surface area contributed by atoms with Gasteiger partial charge >= 0.3 is 0 Å². The molecular formula is C12H13NO2S. The van der Waals surface area contributed by atoms with Crippen LogP contribution in [0.5, 0.6) is 11.5 Å². The summed E-state index contributed by atoms with van der Waals surface area (Å²) in [5, 5.41) is 7.36. The molecule has 0 aliphatic carbocycles. The number of benzene rings is 1. The highest BCUT2D eigenvalue weighted by atomic mass is 32.1. The van der Waals surface area contributed by atoms with E-state index in [0.717, 1.165) is 22.9 Å². The Morgan fingerprint density at radius 1 is 1.00 bits per heavy atom. The molecule has 0 saturated heterocycles. The van der Waals surface area contributed by atoms with Crippen molar-refractivity contribution in [2.75, 3.05) is 19.5 Å². The molecule has 0 amide bonds. The number of rotatable bonds is 4. The van der Waals surface area contributed by atoms with Crippen LogP contribution in [0.3, 0.4) is 0 Å². The van der Waals surface area contributed by atoms with Crippen molar-refractivity contribution in [2.24, 2.45) is 0 Å². The first-order valence-electron chi connectivity index (χ1n) is 4.84. The molecule has 1 N–H and O–H groups in total. The van der Waals surface area contributed by atoms with Crippen LogP contribution in [0.4, 0.5) is 11.4 Å². The number of hydrogen-bond acceptors (Lipinski definition) is 4. The second-order valence-corrected chi connectivity index (χ2v) is 4.02. The summed E-state index contributed by atoms with van der Waals surface area (Å²) in [6.45, 7) is 0. The maximum Gasteiger partial charge on any atom is 0.124 e. The van der Waals surface area contributed by atoms with Gasteiger partial charge in [0, 0.05) is 35.0 Å². The van der Waals surface area contributed by atoms with Crippen molar-refractivity contribution in [3.63, 3.8) is 0 Å². The van der Waals surface area contributed by atoms with Crippen LogP contribution in [0.25, 0.3) is 0 Å². The summed E-state index contributed by atoms with van der Waals surface area (Å²) in [6.07, 6.45) is 0. The molecule has 0 saturated carbocycles. The maximum atomic E-state index is 5.20. The molecule has 3 nitrogen and oxygen atoms in total. The van der Waals surface area contributed by atoms with Gasteiger partial charge < -0.3 is 14.8 Å². The third kappa shape index (κ3) is 2.46. The lowest BCUT2D eigenvalue weighted by molar-refractivity contribution is 0.395. The summed E-state index contributed by atoms with van der Waals surface area (Å²) in [6, 6.07) is 7.73. The predicted molar refractivity (Wildman–Crippen MR) is 67.1 cm³/mol. The van der Waals surface area contributed by atoms with Crippen molar-refractivity contribution >= 4 is 22.7 Å². The molecule has 84 valence electrons. The Hall–Kier alpha value is -1.68. The van der Waals surface area contributed by atoms with Crippen LogP contribution in [0, 0.1) is 0 Å². The van der Waals surface area contributed by atoms with Gasteiger partial charge in [0.1, 0.15) is 11.5 Å². The molecule has 0 fully saturated rings. The van der Waals surface area contributed by atoms with E-state index in [1.54, 1.807) is 25.6 Å². The Kier molecular flexibility index (Phi) is 3.31. The number of hydrogen-bond donors (Lipinski definition) is 1. The standard InChI is InChI=1S/C12H13NO2S/c1-14-11-5-10(6-12(7-11)15-2)13-9-3-4-16-8-9/h3-8,13H,1-2H3. The van der Waals surface area contributed by atoms with Crippen molar-refractivity contribution in [3.8, 4) is 11.5 Å². The molecule has 0 atom stereocenters. The van der Waals surface area contributed by atoms with Crippen LogP contribution < -0.4 is 14.8 Å². The monoisotopic (exact) mass is 235 g/mol. The Morgan fingerprint density at radius 2 is 1.69 bits per heavy atom. The zero-order valence-corrected chi connectivity index (χ0v) is 10.0. The second-order valence-electron chi connectivity index (χ2n) is 3.24. The number of nitrogens with one attached hydrogen (secondary N) is 1. The number of anilines is 2. The van der Waals surface area contributed by atoms with Gasteiger partial charge in [-0.1, -0.05) is 0 Å². The van der Waals surface area contributed by atoms with Crippen molar-refractivity contribution in [1.82, 2.24) is 0 Å². The minimum Gasteiger partial charge on any atom is -0.497 e. The van der Waals surface area contributed by atoms with E-state index in [1.807, 2.05) is 35.0 Å². The molecule has 0 unspecified atom stereocenters. The smallest absolute Gasteiger partial charge is 0.124 e. The molecule has 0 bridgehead atoms. The van der Waals surface area contributed by atoms with Gasteiger partial charge in [0.05, 0.1) is 14.2 Å². The van der Waals surface area contributed by atoms with Gasteiger partial charge in [0.2, 0.25) is 0 Å². The summed E-state index contributed by atoms with van der Waals surface area (Å²) < 4.78 is 10.4. The van der Waals surface area contributed by atoms with Crippen molar-refractivity contribution < 1.29 is 9.47 Å². The minimum absolute atomic E-state index is 0.775. The average Bonchev–Trinajstić information content (AvgIpc) is 2.81. The first-order valence-corrected chi connectivity index (χ1v) is 5.78. The Balaban J connectivity index is 2.26. The van der Waals surface area contributed by atoms with E-state index in [4.69, 9.17) is 9.47 Å². The third-order valence-corrected chi connectivity index (χ3v) is 2.84. The summed E-state index contributed by atoms with van der Waals surface area (Å²) >= 11 is 1.65. The molecule has 0 aliphatic heterocycles. The average molecular weight is 235 g/mol. The van der Waals surface area contributed by atoms with Gasteiger partial charge in [-0.3, -0.25) is 0 Å². The Labute approximate surface area is 98.6 Å². The molecule has 1 heterocycles. The molecular weight excluding hydrogens is 222 g/mol. The summed E-state index contributed by atoms with van der Waals surface area (Å²) in [4.78, 5) is 0. The number of methoxy groups -OCH3 is 2. The lowest BCUT2D eigenvalue weighted by Gasteiger charge is -2.09. The Morgan fingerprint density at radius 3 is 2.19 bits per heavy atom. The van der Waals surface area contributed by atoms with Crippen molar-refractivity contribution in [3.05, 3.63) is 35.0 Å². The van der Waals surface area contributed by atoms with Crippen molar-refractivity contribution in [2.45, 2.75) is 0 Å². The van der Waals surface area contributed by atoms with E-state index in [1.165, 1.54) is 0 Å². The maximum absolute atomic E-state index is 5.20. The van der Waals surface area contributed by atoms with Crippen LogP contribution in [0.15, 0.2) is 35.0 Å². The van der Waals surface area contributed by atoms with Gasteiger partial charge in [0.25, 0.3) is 0 Å². The Bertz CT molecular complexity index is 432. The van der Waals surface area contributed by atoms with Crippen molar-refractivity contribution in [1.29, 1.82) is 0 Å². The van der Waals surface area contributed by atoms with Gasteiger partial charge in [-0.2, -0.15) is 11.3 Å².